The van der Waals surface area contributed by atoms with Crippen molar-refractivity contribution in [1.29, 1.82) is 0 Å². The van der Waals surface area contributed by atoms with Crippen LogP contribution in [0.1, 0.15) is 41.4 Å². The second kappa shape index (κ2) is 11.4. The van der Waals surface area contributed by atoms with Crippen LogP contribution in [0, 0.1) is 5.82 Å². The molecule has 14 heteroatoms. The van der Waals surface area contributed by atoms with E-state index in [0.717, 1.165) is 31.0 Å². The number of pyridine rings is 1. The van der Waals surface area contributed by atoms with Crippen LogP contribution in [0.2, 0.25) is 0 Å². The highest BCUT2D eigenvalue weighted by molar-refractivity contribution is 5.96. The number of halogens is 4. The Hall–Kier alpha value is -5.11. The van der Waals surface area contributed by atoms with E-state index in [-0.39, 0.29) is 40.8 Å². The van der Waals surface area contributed by atoms with Crippen molar-refractivity contribution in [2.75, 3.05) is 13.2 Å². The molecule has 1 fully saturated rings. The number of benzene rings is 2. The molecule has 238 valence electrons. The SMILES string of the molecule is C[C@]1(C(N)=O)COc2c1cc(C(O)(CNC(=O)c1ccc(OC3CC3)c(-c3ccncn3)c1)C(F)(F)F)nc2-c1ccc(F)cc1. The highest BCUT2D eigenvalue weighted by Crippen LogP contribution is 2.47. The van der Waals surface area contributed by atoms with Crippen molar-refractivity contribution in [3.63, 3.8) is 0 Å². The van der Waals surface area contributed by atoms with Crippen LogP contribution in [0.25, 0.3) is 22.5 Å². The maximum atomic E-state index is 14.8. The molecule has 10 nitrogen and oxygen atoms in total. The Labute approximate surface area is 259 Å². The Balaban J connectivity index is 1.38. The van der Waals surface area contributed by atoms with Crippen molar-refractivity contribution in [2.24, 2.45) is 5.73 Å². The van der Waals surface area contributed by atoms with Crippen LogP contribution in [-0.2, 0) is 15.8 Å². The first-order chi connectivity index (χ1) is 21.8. The summed E-state index contributed by atoms with van der Waals surface area (Å²) >= 11 is 0. The van der Waals surface area contributed by atoms with Gasteiger partial charge in [-0.2, -0.15) is 13.2 Å². The molecule has 2 aliphatic rings. The summed E-state index contributed by atoms with van der Waals surface area (Å²) in [4.78, 5) is 37.9. The number of aliphatic hydroxyl groups is 1. The Morgan fingerprint density at radius 3 is 2.50 bits per heavy atom. The number of nitrogens with zero attached hydrogens (tertiary/aromatic N) is 3. The lowest BCUT2D eigenvalue weighted by Gasteiger charge is -2.31. The van der Waals surface area contributed by atoms with Gasteiger partial charge in [-0.15, -0.1) is 0 Å². The van der Waals surface area contributed by atoms with E-state index in [1.54, 1.807) is 6.07 Å². The van der Waals surface area contributed by atoms with Crippen molar-refractivity contribution in [3.05, 3.63) is 89.8 Å². The zero-order chi connectivity index (χ0) is 32.9. The zero-order valence-electron chi connectivity index (χ0n) is 24.3. The summed E-state index contributed by atoms with van der Waals surface area (Å²) in [5.74, 6) is -2.01. The van der Waals surface area contributed by atoms with Gasteiger partial charge in [0, 0.05) is 28.5 Å². The first-order valence-corrected chi connectivity index (χ1v) is 14.2. The number of nitrogens with two attached hydrogens (primary N) is 1. The van der Waals surface area contributed by atoms with Crippen molar-refractivity contribution < 1.29 is 41.7 Å². The molecule has 1 aliphatic carbocycles. The number of alkyl halides is 3. The van der Waals surface area contributed by atoms with E-state index in [1.165, 1.54) is 49.8 Å². The van der Waals surface area contributed by atoms with Gasteiger partial charge in [-0.05, 0) is 74.4 Å². The quantitative estimate of drug-likeness (QED) is 0.231. The van der Waals surface area contributed by atoms with Gasteiger partial charge in [0.05, 0.1) is 24.0 Å². The maximum absolute atomic E-state index is 14.8. The van der Waals surface area contributed by atoms with E-state index in [2.05, 4.69) is 20.3 Å². The number of ether oxygens (including phenoxy) is 2. The van der Waals surface area contributed by atoms with Crippen LogP contribution in [0.15, 0.2) is 67.1 Å². The summed E-state index contributed by atoms with van der Waals surface area (Å²) in [5.41, 5.74) is 0.164. The third-order valence-electron chi connectivity index (χ3n) is 8.05. The normalized spacial score (nSPS) is 18.7. The first-order valence-electron chi connectivity index (χ1n) is 14.2. The summed E-state index contributed by atoms with van der Waals surface area (Å²) in [6.45, 7) is -0.256. The number of amides is 2. The molecule has 0 bridgehead atoms. The van der Waals surface area contributed by atoms with Crippen LogP contribution in [0.4, 0.5) is 17.6 Å². The highest BCUT2D eigenvalue weighted by atomic mass is 19.4. The smallest absolute Gasteiger partial charge is 0.424 e. The van der Waals surface area contributed by atoms with Gasteiger partial charge in [0.25, 0.3) is 5.91 Å². The fourth-order valence-electron chi connectivity index (χ4n) is 5.04. The molecule has 4 aromatic rings. The molecule has 3 heterocycles. The first kappa shape index (κ1) is 30.9. The lowest BCUT2D eigenvalue weighted by Crippen LogP contribution is -2.51. The second-order valence-corrected chi connectivity index (χ2v) is 11.4. The summed E-state index contributed by atoms with van der Waals surface area (Å²) in [7, 11) is 0. The molecule has 0 spiro atoms. The molecule has 2 aromatic heterocycles. The van der Waals surface area contributed by atoms with E-state index in [0.29, 0.717) is 17.0 Å². The lowest BCUT2D eigenvalue weighted by molar-refractivity contribution is -0.265. The molecule has 2 amide bonds. The topological polar surface area (TPSA) is 150 Å². The van der Waals surface area contributed by atoms with Gasteiger partial charge >= 0.3 is 6.18 Å². The number of hydrogen-bond donors (Lipinski definition) is 3. The molecule has 0 saturated heterocycles. The molecule has 4 N–H and O–H groups in total. The van der Waals surface area contributed by atoms with E-state index < -0.39 is 47.1 Å². The Morgan fingerprint density at radius 2 is 1.87 bits per heavy atom. The Morgan fingerprint density at radius 1 is 1.13 bits per heavy atom. The Bertz CT molecular complexity index is 1820. The average molecular weight is 638 g/mol. The average Bonchev–Trinajstić information content (AvgIpc) is 3.79. The predicted octanol–water partition coefficient (Wildman–Crippen LogP) is 4.20. The summed E-state index contributed by atoms with van der Waals surface area (Å²) in [6.07, 6.45) is -0.804. The van der Waals surface area contributed by atoms with Crippen molar-refractivity contribution in [3.8, 4) is 34.0 Å². The fourth-order valence-corrected chi connectivity index (χ4v) is 5.04. The molecule has 2 atom stereocenters. The van der Waals surface area contributed by atoms with Gasteiger partial charge < -0.3 is 25.6 Å². The molecule has 0 radical (unpaired) electrons. The second-order valence-electron chi connectivity index (χ2n) is 11.4. The minimum absolute atomic E-state index is 0.0171. The summed E-state index contributed by atoms with van der Waals surface area (Å²) in [5, 5.41) is 13.5. The van der Waals surface area contributed by atoms with Crippen molar-refractivity contribution in [2.45, 2.75) is 43.1 Å². The monoisotopic (exact) mass is 637 g/mol. The summed E-state index contributed by atoms with van der Waals surface area (Å²) < 4.78 is 69.6. The van der Waals surface area contributed by atoms with E-state index in [9.17, 15) is 32.3 Å². The van der Waals surface area contributed by atoms with Crippen LogP contribution in [0.5, 0.6) is 11.5 Å². The number of primary amides is 1. The van der Waals surface area contributed by atoms with Crippen molar-refractivity contribution >= 4 is 11.8 Å². The molecular weight excluding hydrogens is 610 g/mol. The predicted molar refractivity (Wildman–Crippen MR) is 155 cm³/mol. The minimum Gasteiger partial charge on any atom is -0.490 e. The van der Waals surface area contributed by atoms with Crippen molar-refractivity contribution in [1.82, 2.24) is 20.3 Å². The third kappa shape index (κ3) is 5.60. The number of rotatable bonds is 9. The summed E-state index contributed by atoms with van der Waals surface area (Å²) in [6, 6.07) is 11.5. The van der Waals surface area contributed by atoms with E-state index in [1.807, 2.05) is 0 Å². The number of hydrogen-bond acceptors (Lipinski definition) is 8. The van der Waals surface area contributed by atoms with Crippen LogP contribution in [0.3, 0.4) is 0 Å². The third-order valence-corrected chi connectivity index (χ3v) is 8.05. The minimum atomic E-state index is -5.36. The fraction of sp³-hybridized carbons (Fsp3) is 0.281. The molecule has 1 saturated carbocycles. The van der Waals surface area contributed by atoms with Crippen LogP contribution >= 0.6 is 0 Å². The Kier molecular flexibility index (Phi) is 7.63. The number of fused-ring (bicyclic) bond motifs is 1. The van der Waals surface area contributed by atoms with Gasteiger partial charge in [0.2, 0.25) is 11.5 Å². The molecule has 46 heavy (non-hydrogen) atoms. The number of carbonyl (C=O) groups is 2. The van der Waals surface area contributed by atoms with Gasteiger partial charge in [-0.3, -0.25) is 9.59 Å². The van der Waals surface area contributed by atoms with Gasteiger partial charge in [-0.1, -0.05) is 0 Å². The van der Waals surface area contributed by atoms with Gasteiger partial charge in [-0.25, -0.2) is 19.3 Å². The largest absolute Gasteiger partial charge is 0.490 e. The molecular formula is C32H27F4N5O5. The molecule has 1 aliphatic heterocycles. The number of aromatic nitrogens is 3. The van der Waals surface area contributed by atoms with Crippen LogP contribution in [-0.4, -0.2) is 57.3 Å². The van der Waals surface area contributed by atoms with Gasteiger partial charge in [0.15, 0.2) is 0 Å². The molecule has 6 rings (SSSR count). The highest BCUT2D eigenvalue weighted by Gasteiger charge is 2.57. The molecule has 2 aromatic carbocycles. The standard InChI is InChI=1S/C32H27F4N5O5/c1-30(29(37)43)15-45-27-22(30)13-25(41-26(27)17-2-5-19(33)6-3-17)31(44,32(34,35)36)14-39-28(42)18-4-9-24(46-20-7-8-20)21(12-18)23-10-11-38-16-40-23/h2-6,9-13,16,20,44H,7-8,14-15H2,1H3,(H2,37,43)(H,39,42)/t30-,31?/m0/s1. The maximum Gasteiger partial charge on any atom is 0.424 e. The lowest BCUT2D eigenvalue weighted by atomic mass is 9.81. The van der Waals surface area contributed by atoms with Gasteiger partial charge in [0.1, 0.15) is 41.4 Å². The van der Waals surface area contributed by atoms with Crippen LogP contribution < -0.4 is 20.5 Å². The number of nitrogens with one attached hydrogen (secondary N) is 1. The van der Waals surface area contributed by atoms with E-state index in [4.69, 9.17) is 15.2 Å². The number of carbonyl (C=O) groups excluding carboxylic acids is 2. The van der Waals surface area contributed by atoms with E-state index >= 15 is 0 Å². The molecule has 1 unspecified atom stereocenters. The zero-order valence-corrected chi connectivity index (χ0v) is 24.3.